The minimum atomic E-state index is -0.151. The molecular formula is C13H18N2O2. The van der Waals surface area contributed by atoms with Gasteiger partial charge in [0, 0.05) is 6.04 Å². The summed E-state index contributed by atoms with van der Waals surface area (Å²) in [5.41, 5.74) is 1.15. The number of benzene rings is 1. The maximum Gasteiger partial charge on any atom is 0.317 e. The van der Waals surface area contributed by atoms with Crippen LogP contribution in [0.4, 0.5) is 4.79 Å². The molecule has 2 N–H and O–H groups in total. The molecule has 0 atom stereocenters. The van der Waals surface area contributed by atoms with E-state index >= 15 is 0 Å². The van der Waals surface area contributed by atoms with E-state index in [9.17, 15) is 4.79 Å². The standard InChI is InChI=1S/C13H18N2O2/c1-2-10-5-3-4-6-12(10)17-9-14-13(16)15-11-7-8-11/h3-6,11H,2,7-9H2,1H3,(H2,14,15,16). The number of nitrogens with one attached hydrogen (secondary N) is 2. The number of urea groups is 1. The van der Waals surface area contributed by atoms with Crippen LogP contribution < -0.4 is 15.4 Å². The Bertz CT molecular complexity index is 389. The van der Waals surface area contributed by atoms with Crippen LogP contribution in [0.2, 0.25) is 0 Å². The lowest BCUT2D eigenvalue weighted by Gasteiger charge is -2.11. The van der Waals surface area contributed by atoms with Crippen molar-refractivity contribution in [3.63, 3.8) is 0 Å². The first-order chi connectivity index (χ1) is 8.29. The van der Waals surface area contributed by atoms with Gasteiger partial charge in [-0.25, -0.2) is 4.79 Å². The molecule has 1 aromatic rings. The fraction of sp³-hybridized carbons (Fsp3) is 0.462. The first-order valence-corrected chi connectivity index (χ1v) is 6.04. The van der Waals surface area contributed by atoms with Crippen molar-refractivity contribution in [1.82, 2.24) is 10.6 Å². The molecule has 1 fully saturated rings. The quantitative estimate of drug-likeness (QED) is 0.766. The van der Waals surface area contributed by atoms with Gasteiger partial charge in [-0.3, -0.25) is 0 Å². The summed E-state index contributed by atoms with van der Waals surface area (Å²) < 4.78 is 5.53. The van der Waals surface area contributed by atoms with Crippen LogP contribution in [-0.2, 0) is 6.42 Å². The van der Waals surface area contributed by atoms with E-state index < -0.39 is 0 Å². The monoisotopic (exact) mass is 234 g/mol. The highest BCUT2D eigenvalue weighted by Gasteiger charge is 2.22. The first-order valence-electron chi connectivity index (χ1n) is 6.04. The Morgan fingerprint density at radius 1 is 1.41 bits per heavy atom. The molecule has 1 aliphatic rings. The Kier molecular flexibility index (Phi) is 3.85. The summed E-state index contributed by atoms with van der Waals surface area (Å²) in [5, 5.41) is 5.52. The van der Waals surface area contributed by atoms with E-state index in [4.69, 9.17) is 4.74 Å². The van der Waals surface area contributed by atoms with Crippen LogP contribution in [0.25, 0.3) is 0 Å². The smallest absolute Gasteiger partial charge is 0.317 e. The molecule has 1 aromatic carbocycles. The Balaban J connectivity index is 1.74. The van der Waals surface area contributed by atoms with Gasteiger partial charge in [0.2, 0.25) is 0 Å². The van der Waals surface area contributed by atoms with Gasteiger partial charge in [-0.1, -0.05) is 25.1 Å². The molecule has 0 bridgehead atoms. The van der Waals surface area contributed by atoms with E-state index in [-0.39, 0.29) is 12.8 Å². The van der Waals surface area contributed by atoms with Crippen LogP contribution in [0.3, 0.4) is 0 Å². The molecule has 4 heteroatoms. The fourth-order valence-corrected chi connectivity index (χ4v) is 1.58. The van der Waals surface area contributed by atoms with Gasteiger partial charge in [-0.05, 0) is 30.9 Å². The predicted octanol–water partition coefficient (Wildman–Crippen LogP) is 2.05. The highest BCUT2D eigenvalue weighted by atomic mass is 16.5. The summed E-state index contributed by atoms with van der Waals surface area (Å²) in [5.74, 6) is 0.835. The zero-order valence-corrected chi connectivity index (χ0v) is 10.0. The Labute approximate surface area is 101 Å². The van der Waals surface area contributed by atoms with Crippen molar-refractivity contribution in [3.8, 4) is 5.75 Å². The van der Waals surface area contributed by atoms with Crippen LogP contribution in [0.1, 0.15) is 25.3 Å². The SMILES string of the molecule is CCc1ccccc1OCNC(=O)NC1CC1. The molecule has 0 radical (unpaired) electrons. The zero-order chi connectivity index (χ0) is 12.1. The van der Waals surface area contributed by atoms with Gasteiger partial charge in [0.1, 0.15) is 5.75 Å². The van der Waals surface area contributed by atoms with Gasteiger partial charge in [0.05, 0.1) is 0 Å². The van der Waals surface area contributed by atoms with E-state index in [0.29, 0.717) is 6.04 Å². The molecule has 17 heavy (non-hydrogen) atoms. The summed E-state index contributed by atoms with van der Waals surface area (Å²) in [7, 11) is 0. The van der Waals surface area contributed by atoms with Crippen molar-refractivity contribution in [2.24, 2.45) is 0 Å². The summed E-state index contributed by atoms with van der Waals surface area (Å²) in [4.78, 5) is 11.3. The molecular weight excluding hydrogens is 216 g/mol. The minimum absolute atomic E-state index is 0.151. The molecule has 2 rings (SSSR count). The van der Waals surface area contributed by atoms with Crippen molar-refractivity contribution in [2.75, 3.05) is 6.73 Å². The number of hydrogen-bond acceptors (Lipinski definition) is 2. The highest BCUT2D eigenvalue weighted by molar-refractivity contribution is 5.74. The average molecular weight is 234 g/mol. The van der Waals surface area contributed by atoms with E-state index in [1.54, 1.807) is 0 Å². The second-order valence-electron chi connectivity index (χ2n) is 4.17. The number of carbonyl (C=O) groups excluding carboxylic acids is 1. The number of hydrogen-bond donors (Lipinski definition) is 2. The van der Waals surface area contributed by atoms with Crippen LogP contribution in [0.5, 0.6) is 5.75 Å². The second kappa shape index (κ2) is 5.57. The maximum atomic E-state index is 11.3. The van der Waals surface area contributed by atoms with Crippen molar-refractivity contribution in [1.29, 1.82) is 0 Å². The fourth-order valence-electron chi connectivity index (χ4n) is 1.58. The molecule has 0 unspecified atom stereocenters. The average Bonchev–Trinajstić information content (AvgIpc) is 3.13. The van der Waals surface area contributed by atoms with Gasteiger partial charge in [0.15, 0.2) is 6.73 Å². The topological polar surface area (TPSA) is 50.4 Å². The van der Waals surface area contributed by atoms with Crippen LogP contribution >= 0.6 is 0 Å². The lowest BCUT2D eigenvalue weighted by atomic mass is 10.1. The van der Waals surface area contributed by atoms with Gasteiger partial charge >= 0.3 is 6.03 Å². The van der Waals surface area contributed by atoms with Crippen molar-refractivity contribution in [3.05, 3.63) is 29.8 Å². The number of amides is 2. The van der Waals surface area contributed by atoms with Crippen LogP contribution in [0.15, 0.2) is 24.3 Å². The zero-order valence-electron chi connectivity index (χ0n) is 10.0. The first kappa shape index (κ1) is 11.8. The third kappa shape index (κ3) is 3.66. The van der Waals surface area contributed by atoms with E-state index in [0.717, 1.165) is 30.6 Å². The van der Waals surface area contributed by atoms with Crippen LogP contribution in [0, 0.1) is 0 Å². The third-order valence-corrected chi connectivity index (χ3v) is 2.73. The number of ether oxygens (including phenoxy) is 1. The summed E-state index contributed by atoms with van der Waals surface area (Å²) in [6.45, 7) is 2.28. The molecule has 0 aliphatic heterocycles. The van der Waals surface area contributed by atoms with Gasteiger partial charge < -0.3 is 15.4 Å². The molecule has 0 spiro atoms. The number of carbonyl (C=O) groups is 1. The molecule has 4 nitrogen and oxygen atoms in total. The molecule has 2 amide bonds. The van der Waals surface area contributed by atoms with Crippen molar-refractivity contribution in [2.45, 2.75) is 32.2 Å². The lowest BCUT2D eigenvalue weighted by Crippen LogP contribution is -2.38. The minimum Gasteiger partial charge on any atom is -0.473 e. The Morgan fingerprint density at radius 3 is 2.88 bits per heavy atom. The number of para-hydroxylation sites is 1. The van der Waals surface area contributed by atoms with Gasteiger partial charge in [0.25, 0.3) is 0 Å². The Morgan fingerprint density at radius 2 is 2.18 bits per heavy atom. The van der Waals surface area contributed by atoms with Crippen molar-refractivity contribution < 1.29 is 9.53 Å². The Hall–Kier alpha value is -1.71. The van der Waals surface area contributed by atoms with E-state index in [1.807, 2.05) is 24.3 Å². The maximum absolute atomic E-state index is 11.3. The molecule has 0 heterocycles. The number of aryl methyl sites for hydroxylation is 1. The van der Waals surface area contributed by atoms with Gasteiger partial charge in [-0.2, -0.15) is 0 Å². The second-order valence-corrected chi connectivity index (χ2v) is 4.17. The highest BCUT2D eigenvalue weighted by Crippen LogP contribution is 2.19. The summed E-state index contributed by atoms with van der Waals surface area (Å²) in [6, 6.07) is 8.08. The number of rotatable bonds is 5. The summed E-state index contributed by atoms with van der Waals surface area (Å²) >= 11 is 0. The van der Waals surface area contributed by atoms with Crippen molar-refractivity contribution >= 4 is 6.03 Å². The van der Waals surface area contributed by atoms with Gasteiger partial charge in [-0.15, -0.1) is 0 Å². The molecule has 0 aromatic heterocycles. The van der Waals surface area contributed by atoms with E-state index in [1.165, 1.54) is 0 Å². The largest absolute Gasteiger partial charge is 0.473 e. The summed E-state index contributed by atoms with van der Waals surface area (Å²) in [6.07, 6.45) is 3.10. The van der Waals surface area contributed by atoms with Crippen LogP contribution in [-0.4, -0.2) is 18.8 Å². The lowest BCUT2D eigenvalue weighted by molar-refractivity contribution is 0.223. The molecule has 1 aliphatic carbocycles. The molecule has 0 saturated heterocycles. The normalized spacial score (nSPS) is 14.2. The van der Waals surface area contributed by atoms with E-state index in [2.05, 4.69) is 17.6 Å². The molecule has 1 saturated carbocycles. The molecule has 92 valence electrons. The predicted molar refractivity (Wildman–Crippen MR) is 66.0 cm³/mol. The third-order valence-electron chi connectivity index (χ3n) is 2.73.